The van der Waals surface area contributed by atoms with Crippen molar-refractivity contribution >= 4 is 38.3 Å². The first-order valence-electron chi connectivity index (χ1n) is 8.09. The zero-order valence-corrected chi connectivity index (χ0v) is 17.6. The van der Waals surface area contributed by atoms with Crippen LogP contribution < -0.4 is 4.72 Å². The first kappa shape index (κ1) is 21.5. The highest BCUT2D eigenvalue weighted by Crippen LogP contribution is 2.39. The van der Waals surface area contributed by atoms with Crippen LogP contribution in [0.15, 0.2) is 22.7 Å². The van der Waals surface area contributed by atoms with Gasteiger partial charge in [0.1, 0.15) is 22.8 Å². The molecule has 0 radical (unpaired) electrons. The van der Waals surface area contributed by atoms with Crippen LogP contribution >= 0.6 is 15.9 Å². The molecule has 0 amide bonds. The molecule has 4 nitrogen and oxygen atoms in total. The predicted molar refractivity (Wildman–Crippen MR) is 102 cm³/mol. The summed E-state index contributed by atoms with van der Waals surface area (Å²) in [6.45, 7) is 7.45. The van der Waals surface area contributed by atoms with E-state index < -0.39 is 40.2 Å². The number of aromatic amines is 1. The van der Waals surface area contributed by atoms with Crippen LogP contribution in [0.25, 0.3) is 11.0 Å². The summed E-state index contributed by atoms with van der Waals surface area (Å²) < 4.78 is 57.2. The smallest absolute Gasteiger partial charge is 0.246 e. The molecule has 9 heteroatoms. The summed E-state index contributed by atoms with van der Waals surface area (Å²) >= 11 is 1.67. The van der Waals surface area contributed by atoms with E-state index in [1.54, 1.807) is 39.0 Å². The summed E-state index contributed by atoms with van der Waals surface area (Å²) in [6.07, 6.45) is -4.90. The van der Waals surface area contributed by atoms with Crippen molar-refractivity contribution in [3.05, 3.63) is 28.5 Å². The SMILES string of the molecule is CC(C)(C(F)F)C(F)[C@@H](N[S@+]([O-])C(C)(C)C)c1nc2cc(Br)ccc2[nH]1. The van der Waals surface area contributed by atoms with E-state index in [1.165, 1.54) is 0 Å². The maximum absolute atomic E-state index is 15.2. The van der Waals surface area contributed by atoms with Crippen LogP contribution in [0.3, 0.4) is 0 Å². The van der Waals surface area contributed by atoms with Crippen LogP contribution in [0.4, 0.5) is 13.2 Å². The minimum Gasteiger partial charge on any atom is -0.598 e. The van der Waals surface area contributed by atoms with Gasteiger partial charge < -0.3 is 9.54 Å². The first-order valence-corrected chi connectivity index (χ1v) is 10.0. The molecule has 3 atom stereocenters. The van der Waals surface area contributed by atoms with Crippen LogP contribution in [-0.2, 0) is 11.4 Å². The number of imidazole rings is 1. The molecule has 0 bridgehead atoms. The molecule has 0 saturated heterocycles. The number of benzene rings is 1. The highest BCUT2D eigenvalue weighted by atomic mass is 79.9. The lowest BCUT2D eigenvalue weighted by molar-refractivity contribution is -0.0452. The minimum absolute atomic E-state index is 0.136. The number of aromatic nitrogens is 2. The molecular weight excluding hydrogens is 431 g/mol. The van der Waals surface area contributed by atoms with Gasteiger partial charge >= 0.3 is 0 Å². The van der Waals surface area contributed by atoms with E-state index in [9.17, 15) is 13.3 Å². The number of rotatable bonds is 6. The Bertz CT molecular complexity index is 763. The van der Waals surface area contributed by atoms with Crippen molar-refractivity contribution in [2.24, 2.45) is 5.41 Å². The molecule has 0 aliphatic carbocycles. The van der Waals surface area contributed by atoms with Crippen LogP contribution in [0.5, 0.6) is 0 Å². The van der Waals surface area contributed by atoms with Crippen molar-refractivity contribution in [1.82, 2.24) is 14.7 Å². The lowest BCUT2D eigenvalue weighted by Crippen LogP contribution is -2.48. The third kappa shape index (κ3) is 4.55. The summed E-state index contributed by atoms with van der Waals surface area (Å²) in [5.41, 5.74) is -0.748. The standard InChI is InChI=1S/C17H23BrF3N3OS/c1-16(2,3)26(25)24-12(13(19)17(4,5)15(20)21)14-22-10-7-6-9(18)8-11(10)23-14/h6-8,12-13,15,24H,1-5H3,(H,22,23)/t12-,13?,26-/m1/s1. The normalized spacial score (nSPS) is 16.9. The average molecular weight is 454 g/mol. The number of H-pyrrole nitrogens is 1. The molecule has 1 unspecified atom stereocenters. The second-order valence-electron chi connectivity index (χ2n) is 7.78. The van der Waals surface area contributed by atoms with Crippen LogP contribution in [0, 0.1) is 5.41 Å². The van der Waals surface area contributed by atoms with Gasteiger partial charge in [-0.05, 0) is 39.0 Å². The molecule has 146 valence electrons. The van der Waals surface area contributed by atoms with Gasteiger partial charge in [-0.3, -0.25) is 0 Å². The Morgan fingerprint density at radius 1 is 1.19 bits per heavy atom. The summed E-state index contributed by atoms with van der Waals surface area (Å²) in [6, 6.07) is 4.00. The zero-order valence-electron chi connectivity index (χ0n) is 15.2. The predicted octanol–water partition coefficient (Wildman–Crippen LogP) is 5.05. The number of halogens is 4. The molecule has 0 saturated carbocycles. The van der Waals surface area contributed by atoms with E-state index in [4.69, 9.17) is 0 Å². The highest BCUT2D eigenvalue weighted by Gasteiger charge is 2.47. The summed E-state index contributed by atoms with van der Waals surface area (Å²) in [7, 11) is 0. The van der Waals surface area contributed by atoms with Gasteiger partial charge in [0, 0.05) is 15.8 Å². The molecule has 26 heavy (non-hydrogen) atoms. The van der Waals surface area contributed by atoms with Gasteiger partial charge in [-0.2, -0.15) is 0 Å². The molecule has 0 fully saturated rings. The molecule has 0 aliphatic rings. The van der Waals surface area contributed by atoms with E-state index in [1.807, 2.05) is 0 Å². The number of nitrogens with zero attached hydrogens (tertiary/aromatic N) is 1. The van der Waals surface area contributed by atoms with Crippen molar-refractivity contribution in [2.45, 2.75) is 58.0 Å². The van der Waals surface area contributed by atoms with Crippen molar-refractivity contribution in [3.63, 3.8) is 0 Å². The molecule has 1 aromatic carbocycles. The molecule has 1 aromatic heterocycles. The molecule has 1 heterocycles. The lowest BCUT2D eigenvalue weighted by atomic mass is 9.84. The zero-order chi connectivity index (χ0) is 19.9. The van der Waals surface area contributed by atoms with E-state index in [2.05, 4.69) is 30.6 Å². The van der Waals surface area contributed by atoms with Crippen LogP contribution in [-0.4, -0.2) is 31.9 Å². The quantitative estimate of drug-likeness (QED) is 0.601. The van der Waals surface area contributed by atoms with Crippen molar-refractivity contribution in [2.75, 3.05) is 0 Å². The van der Waals surface area contributed by atoms with Crippen molar-refractivity contribution in [1.29, 1.82) is 0 Å². The second-order valence-corrected chi connectivity index (χ2v) is 10.7. The van der Waals surface area contributed by atoms with Gasteiger partial charge in [-0.15, -0.1) is 4.72 Å². The Hall–Kier alpha value is -0.770. The number of hydrogen-bond donors (Lipinski definition) is 2. The summed E-state index contributed by atoms with van der Waals surface area (Å²) in [5.74, 6) is 0.136. The van der Waals surface area contributed by atoms with Crippen LogP contribution in [0.1, 0.15) is 46.5 Å². The molecule has 0 aliphatic heterocycles. The van der Waals surface area contributed by atoms with E-state index in [-0.39, 0.29) is 5.82 Å². The topological polar surface area (TPSA) is 63.8 Å². The van der Waals surface area contributed by atoms with Gasteiger partial charge in [0.05, 0.1) is 16.4 Å². The van der Waals surface area contributed by atoms with Crippen molar-refractivity contribution < 1.29 is 17.7 Å². The molecular formula is C17H23BrF3N3OS. The number of hydrogen-bond acceptors (Lipinski definition) is 3. The minimum atomic E-state index is -2.89. The summed E-state index contributed by atoms with van der Waals surface area (Å²) in [5, 5.41) is 0. The van der Waals surface area contributed by atoms with Gasteiger partial charge in [-0.1, -0.05) is 29.8 Å². The fraction of sp³-hybridized carbons (Fsp3) is 0.588. The molecule has 0 spiro atoms. The number of alkyl halides is 3. The fourth-order valence-electron chi connectivity index (χ4n) is 2.24. The van der Waals surface area contributed by atoms with Crippen molar-refractivity contribution in [3.8, 4) is 0 Å². The Morgan fingerprint density at radius 3 is 2.35 bits per heavy atom. The summed E-state index contributed by atoms with van der Waals surface area (Å²) in [4.78, 5) is 7.29. The van der Waals surface area contributed by atoms with Gasteiger partial charge in [-0.25, -0.2) is 18.2 Å². The molecule has 2 rings (SSSR count). The maximum Gasteiger partial charge on any atom is 0.246 e. The van der Waals surface area contributed by atoms with E-state index in [0.717, 1.165) is 18.3 Å². The van der Waals surface area contributed by atoms with Gasteiger partial charge in [0.25, 0.3) is 0 Å². The highest BCUT2D eigenvalue weighted by molar-refractivity contribution is 9.10. The third-order valence-corrected chi connectivity index (χ3v) is 6.19. The fourth-order valence-corrected chi connectivity index (χ4v) is 3.41. The van der Waals surface area contributed by atoms with Gasteiger partial charge in [0.15, 0.2) is 0 Å². The Labute approximate surface area is 162 Å². The average Bonchev–Trinajstić information content (AvgIpc) is 2.93. The van der Waals surface area contributed by atoms with E-state index in [0.29, 0.717) is 11.0 Å². The largest absolute Gasteiger partial charge is 0.598 e. The lowest BCUT2D eigenvalue weighted by Gasteiger charge is -2.34. The Balaban J connectivity index is 2.47. The first-order chi connectivity index (χ1) is 11.8. The Kier molecular flexibility index (Phi) is 6.37. The molecule has 2 aromatic rings. The monoisotopic (exact) mass is 453 g/mol. The maximum atomic E-state index is 15.2. The Morgan fingerprint density at radius 2 is 1.81 bits per heavy atom. The van der Waals surface area contributed by atoms with E-state index >= 15 is 4.39 Å². The second kappa shape index (κ2) is 7.69. The molecule has 2 N–H and O–H groups in total. The van der Waals surface area contributed by atoms with Crippen LogP contribution in [0.2, 0.25) is 0 Å². The van der Waals surface area contributed by atoms with Gasteiger partial charge in [0.2, 0.25) is 6.43 Å². The number of nitrogens with one attached hydrogen (secondary N) is 2. The number of fused-ring (bicyclic) bond motifs is 1. The third-order valence-electron chi connectivity index (χ3n) is 4.11.